The van der Waals surface area contributed by atoms with Crippen molar-refractivity contribution in [3.05, 3.63) is 11.8 Å². The molecule has 16 heavy (non-hydrogen) atoms. The van der Waals surface area contributed by atoms with Crippen LogP contribution in [0.15, 0.2) is 6.07 Å². The van der Waals surface area contributed by atoms with E-state index in [-0.39, 0.29) is 12.1 Å². The summed E-state index contributed by atoms with van der Waals surface area (Å²) >= 11 is 0. The SMILES string of the molecule is CNc1nc(C)cc(NC(C)(C)CCO)n1. The summed E-state index contributed by atoms with van der Waals surface area (Å²) in [6, 6.07) is 1.89. The fraction of sp³-hybridized carbons (Fsp3) is 0.636. The smallest absolute Gasteiger partial charge is 0.224 e. The summed E-state index contributed by atoms with van der Waals surface area (Å²) in [4.78, 5) is 8.52. The summed E-state index contributed by atoms with van der Waals surface area (Å²) in [6.07, 6.45) is 0.672. The normalized spacial score (nSPS) is 11.3. The Morgan fingerprint density at radius 2 is 2.06 bits per heavy atom. The van der Waals surface area contributed by atoms with Crippen LogP contribution in [0.2, 0.25) is 0 Å². The molecule has 90 valence electrons. The van der Waals surface area contributed by atoms with E-state index in [1.54, 1.807) is 7.05 Å². The number of aliphatic hydroxyl groups excluding tert-OH is 1. The highest BCUT2D eigenvalue weighted by Gasteiger charge is 2.17. The molecule has 0 unspecified atom stereocenters. The average Bonchev–Trinajstić information content (AvgIpc) is 2.15. The molecule has 0 saturated carbocycles. The third-order valence-corrected chi connectivity index (χ3v) is 2.28. The van der Waals surface area contributed by atoms with Gasteiger partial charge in [-0.25, -0.2) is 4.98 Å². The van der Waals surface area contributed by atoms with Crippen molar-refractivity contribution in [1.29, 1.82) is 0 Å². The van der Waals surface area contributed by atoms with Gasteiger partial charge in [-0.1, -0.05) is 0 Å². The molecule has 0 fully saturated rings. The topological polar surface area (TPSA) is 70.1 Å². The van der Waals surface area contributed by atoms with Crippen LogP contribution in [0.4, 0.5) is 11.8 Å². The summed E-state index contributed by atoms with van der Waals surface area (Å²) in [6.45, 7) is 6.13. The monoisotopic (exact) mass is 224 g/mol. The first-order valence-corrected chi connectivity index (χ1v) is 5.39. The Morgan fingerprint density at radius 1 is 1.38 bits per heavy atom. The quantitative estimate of drug-likeness (QED) is 0.705. The lowest BCUT2D eigenvalue weighted by Gasteiger charge is -2.26. The Morgan fingerprint density at radius 3 is 2.62 bits per heavy atom. The largest absolute Gasteiger partial charge is 0.396 e. The summed E-state index contributed by atoms with van der Waals surface area (Å²) < 4.78 is 0. The van der Waals surface area contributed by atoms with Crippen LogP contribution in [0.3, 0.4) is 0 Å². The first kappa shape index (κ1) is 12.7. The van der Waals surface area contributed by atoms with E-state index in [1.165, 1.54) is 0 Å². The number of rotatable bonds is 5. The Bertz CT molecular complexity index is 352. The predicted octanol–water partition coefficient (Wildman–Crippen LogP) is 1.40. The van der Waals surface area contributed by atoms with Crippen molar-refractivity contribution in [3.8, 4) is 0 Å². The molecule has 0 aromatic carbocycles. The molecular formula is C11H20N4O. The van der Waals surface area contributed by atoms with Gasteiger partial charge in [-0.05, 0) is 27.2 Å². The number of hydrogen-bond acceptors (Lipinski definition) is 5. The number of nitrogens with one attached hydrogen (secondary N) is 2. The molecule has 1 aromatic rings. The Labute approximate surface area is 96.3 Å². The molecule has 0 atom stereocenters. The fourth-order valence-electron chi connectivity index (χ4n) is 1.43. The van der Waals surface area contributed by atoms with E-state index >= 15 is 0 Å². The molecular weight excluding hydrogens is 204 g/mol. The number of aryl methyl sites for hydroxylation is 1. The van der Waals surface area contributed by atoms with Crippen LogP contribution in [0, 0.1) is 6.92 Å². The van der Waals surface area contributed by atoms with Gasteiger partial charge in [0.2, 0.25) is 5.95 Å². The number of aliphatic hydroxyl groups is 1. The molecule has 0 saturated heterocycles. The number of anilines is 2. The molecule has 0 aliphatic rings. The zero-order valence-electron chi connectivity index (χ0n) is 10.3. The van der Waals surface area contributed by atoms with E-state index in [2.05, 4.69) is 20.6 Å². The van der Waals surface area contributed by atoms with Gasteiger partial charge in [-0.2, -0.15) is 4.98 Å². The lowest BCUT2D eigenvalue weighted by atomic mass is 10.0. The standard InChI is InChI=1S/C11H20N4O/c1-8-7-9(14-10(12-4)13-8)15-11(2,3)5-6-16/h7,16H,5-6H2,1-4H3,(H2,12,13,14,15). The van der Waals surface area contributed by atoms with Gasteiger partial charge in [0.25, 0.3) is 0 Å². The maximum Gasteiger partial charge on any atom is 0.224 e. The van der Waals surface area contributed by atoms with E-state index in [0.717, 1.165) is 11.5 Å². The van der Waals surface area contributed by atoms with Gasteiger partial charge in [0, 0.05) is 31.0 Å². The van der Waals surface area contributed by atoms with Crippen LogP contribution in [-0.2, 0) is 0 Å². The van der Waals surface area contributed by atoms with Crippen molar-refractivity contribution < 1.29 is 5.11 Å². The van der Waals surface area contributed by atoms with Crippen molar-refractivity contribution in [2.45, 2.75) is 32.7 Å². The van der Waals surface area contributed by atoms with Crippen LogP contribution in [0.1, 0.15) is 26.0 Å². The molecule has 1 rings (SSSR count). The molecule has 5 nitrogen and oxygen atoms in total. The van der Waals surface area contributed by atoms with Gasteiger partial charge in [0.15, 0.2) is 0 Å². The van der Waals surface area contributed by atoms with Gasteiger partial charge in [-0.15, -0.1) is 0 Å². The van der Waals surface area contributed by atoms with Crippen LogP contribution in [0.5, 0.6) is 0 Å². The molecule has 1 heterocycles. The summed E-state index contributed by atoms with van der Waals surface area (Å²) in [5, 5.41) is 15.1. The van der Waals surface area contributed by atoms with Crippen molar-refractivity contribution in [2.24, 2.45) is 0 Å². The lowest BCUT2D eigenvalue weighted by Crippen LogP contribution is -2.32. The molecule has 1 aromatic heterocycles. The lowest BCUT2D eigenvalue weighted by molar-refractivity contribution is 0.260. The van der Waals surface area contributed by atoms with E-state index < -0.39 is 0 Å². The third kappa shape index (κ3) is 3.66. The van der Waals surface area contributed by atoms with E-state index in [4.69, 9.17) is 5.11 Å². The first-order chi connectivity index (χ1) is 7.46. The second-order valence-corrected chi connectivity index (χ2v) is 4.45. The van der Waals surface area contributed by atoms with Crippen molar-refractivity contribution in [2.75, 3.05) is 24.3 Å². The van der Waals surface area contributed by atoms with Gasteiger partial charge in [0.1, 0.15) is 5.82 Å². The first-order valence-electron chi connectivity index (χ1n) is 5.39. The highest BCUT2D eigenvalue weighted by molar-refractivity contribution is 5.43. The van der Waals surface area contributed by atoms with E-state index in [0.29, 0.717) is 12.4 Å². The second-order valence-electron chi connectivity index (χ2n) is 4.45. The van der Waals surface area contributed by atoms with Crippen LogP contribution >= 0.6 is 0 Å². The van der Waals surface area contributed by atoms with Crippen molar-refractivity contribution in [1.82, 2.24) is 9.97 Å². The Kier molecular flexibility index (Phi) is 4.06. The molecule has 3 N–H and O–H groups in total. The van der Waals surface area contributed by atoms with Crippen LogP contribution in [-0.4, -0.2) is 34.3 Å². The molecule has 0 radical (unpaired) electrons. The minimum absolute atomic E-state index is 0.156. The molecule has 0 bridgehead atoms. The molecule has 0 aliphatic heterocycles. The molecule has 0 aliphatic carbocycles. The minimum Gasteiger partial charge on any atom is -0.396 e. The van der Waals surface area contributed by atoms with Crippen LogP contribution in [0.25, 0.3) is 0 Å². The minimum atomic E-state index is -0.180. The predicted molar refractivity (Wildman–Crippen MR) is 65.7 cm³/mol. The fourth-order valence-corrected chi connectivity index (χ4v) is 1.43. The summed E-state index contributed by atoms with van der Waals surface area (Å²) in [7, 11) is 1.79. The van der Waals surface area contributed by atoms with Gasteiger partial charge in [-0.3, -0.25) is 0 Å². The molecule has 0 spiro atoms. The van der Waals surface area contributed by atoms with Gasteiger partial charge in [0.05, 0.1) is 0 Å². The number of hydrogen-bond donors (Lipinski definition) is 3. The number of aromatic nitrogens is 2. The second kappa shape index (κ2) is 5.12. The van der Waals surface area contributed by atoms with Crippen molar-refractivity contribution in [3.63, 3.8) is 0 Å². The zero-order valence-corrected chi connectivity index (χ0v) is 10.3. The maximum atomic E-state index is 8.95. The molecule has 0 amide bonds. The number of nitrogens with zero attached hydrogens (tertiary/aromatic N) is 2. The van der Waals surface area contributed by atoms with Crippen LogP contribution < -0.4 is 10.6 Å². The average molecular weight is 224 g/mol. The highest BCUT2D eigenvalue weighted by atomic mass is 16.3. The Balaban J connectivity index is 2.84. The van der Waals surface area contributed by atoms with Gasteiger partial charge < -0.3 is 15.7 Å². The van der Waals surface area contributed by atoms with Crippen molar-refractivity contribution >= 4 is 11.8 Å². The summed E-state index contributed by atoms with van der Waals surface area (Å²) in [5.74, 6) is 1.37. The van der Waals surface area contributed by atoms with Gasteiger partial charge >= 0.3 is 0 Å². The summed E-state index contributed by atoms with van der Waals surface area (Å²) in [5.41, 5.74) is 0.724. The highest BCUT2D eigenvalue weighted by Crippen LogP contribution is 2.17. The maximum absolute atomic E-state index is 8.95. The van der Waals surface area contributed by atoms with E-state index in [9.17, 15) is 0 Å². The Hall–Kier alpha value is -1.36. The third-order valence-electron chi connectivity index (χ3n) is 2.28. The molecule has 5 heteroatoms. The van der Waals surface area contributed by atoms with E-state index in [1.807, 2.05) is 26.8 Å². The zero-order chi connectivity index (χ0) is 12.2.